The van der Waals surface area contributed by atoms with Crippen molar-refractivity contribution in [1.29, 1.82) is 0 Å². The van der Waals surface area contributed by atoms with E-state index in [2.05, 4.69) is 5.32 Å². The first kappa shape index (κ1) is 19.0. The average Bonchev–Trinajstić information content (AvgIpc) is 2.52. The number of nitrogens with zero attached hydrogens (tertiary/aromatic N) is 1. The van der Waals surface area contributed by atoms with E-state index in [4.69, 9.17) is 11.6 Å². The molecule has 0 bridgehead atoms. The third kappa shape index (κ3) is 4.83. The van der Waals surface area contributed by atoms with Gasteiger partial charge in [0.15, 0.2) is 0 Å². The smallest absolute Gasteiger partial charge is 0.251 e. The molecule has 2 amide bonds. The maximum Gasteiger partial charge on any atom is 0.251 e. The SMILES string of the molecule is CC(=O)N(CCNC(=O)c1cccc(C)c1)c1c(C)cc(C)cc1Cl. The van der Waals surface area contributed by atoms with Gasteiger partial charge in [-0.1, -0.05) is 35.4 Å². The van der Waals surface area contributed by atoms with Crippen molar-refractivity contribution in [1.82, 2.24) is 5.32 Å². The van der Waals surface area contributed by atoms with Crippen molar-refractivity contribution in [2.75, 3.05) is 18.0 Å². The number of amides is 2. The Bertz CT molecular complexity index is 779. The maximum atomic E-state index is 12.2. The van der Waals surface area contributed by atoms with Crippen LogP contribution in [0.3, 0.4) is 0 Å². The molecule has 2 aromatic rings. The third-order valence-electron chi connectivity index (χ3n) is 3.95. The Morgan fingerprint density at radius 2 is 1.80 bits per heavy atom. The van der Waals surface area contributed by atoms with Gasteiger partial charge in [-0.3, -0.25) is 9.59 Å². The van der Waals surface area contributed by atoms with Gasteiger partial charge in [-0.15, -0.1) is 0 Å². The van der Waals surface area contributed by atoms with Gasteiger partial charge in [0.2, 0.25) is 5.91 Å². The second-order valence-corrected chi connectivity index (χ2v) is 6.62. The number of anilines is 1. The Morgan fingerprint density at radius 3 is 2.40 bits per heavy atom. The van der Waals surface area contributed by atoms with E-state index in [1.165, 1.54) is 6.92 Å². The van der Waals surface area contributed by atoms with E-state index in [-0.39, 0.29) is 11.8 Å². The molecule has 0 aromatic heterocycles. The van der Waals surface area contributed by atoms with Gasteiger partial charge >= 0.3 is 0 Å². The van der Waals surface area contributed by atoms with E-state index in [1.807, 2.05) is 51.1 Å². The van der Waals surface area contributed by atoms with E-state index >= 15 is 0 Å². The largest absolute Gasteiger partial charge is 0.350 e. The molecule has 0 aliphatic heterocycles. The first-order valence-corrected chi connectivity index (χ1v) is 8.57. The molecule has 4 nitrogen and oxygen atoms in total. The summed E-state index contributed by atoms with van der Waals surface area (Å²) in [4.78, 5) is 25.9. The third-order valence-corrected chi connectivity index (χ3v) is 4.24. The molecule has 1 N–H and O–H groups in total. The van der Waals surface area contributed by atoms with Crippen LogP contribution in [0.25, 0.3) is 0 Å². The fourth-order valence-corrected chi connectivity index (χ4v) is 3.27. The highest BCUT2D eigenvalue weighted by Gasteiger charge is 2.18. The van der Waals surface area contributed by atoms with E-state index < -0.39 is 0 Å². The minimum atomic E-state index is -0.154. The molecule has 0 fully saturated rings. The summed E-state index contributed by atoms with van der Waals surface area (Å²) in [7, 11) is 0. The van der Waals surface area contributed by atoms with Crippen molar-refractivity contribution in [3.63, 3.8) is 0 Å². The van der Waals surface area contributed by atoms with Crippen LogP contribution < -0.4 is 10.2 Å². The summed E-state index contributed by atoms with van der Waals surface area (Å²) >= 11 is 6.35. The summed E-state index contributed by atoms with van der Waals surface area (Å²) in [6.07, 6.45) is 0. The van der Waals surface area contributed by atoms with Crippen LogP contribution in [-0.2, 0) is 4.79 Å². The van der Waals surface area contributed by atoms with Gasteiger partial charge in [-0.2, -0.15) is 0 Å². The molecule has 2 rings (SSSR count). The van der Waals surface area contributed by atoms with E-state index in [9.17, 15) is 9.59 Å². The Hall–Kier alpha value is -2.33. The van der Waals surface area contributed by atoms with Crippen molar-refractivity contribution < 1.29 is 9.59 Å². The lowest BCUT2D eigenvalue weighted by atomic mass is 10.1. The van der Waals surface area contributed by atoms with Gasteiger partial charge < -0.3 is 10.2 Å². The zero-order chi connectivity index (χ0) is 18.6. The molecule has 0 saturated heterocycles. The van der Waals surface area contributed by atoms with Crippen molar-refractivity contribution in [3.05, 3.63) is 63.7 Å². The minimum absolute atomic E-state index is 0.112. The molecular weight excluding hydrogens is 336 g/mol. The first-order chi connectivity index (χ1) is 11.8. The van der Waals surface area contributed by atoms with Crippen LogP contribution in [0.2, 0.25) is 5.02 Å². The van der Waals surface area contributed by atoms with Crippen molar-refractivity contribution >= 4 is 29.1 Å². The first-order valence-electron chi connectivity index (χ1n) is 8.19. The van der Waals surface area contributed by atoms with E-state index in [1.54, 1.807) is 11.0 Å². The van der Waals surface area contributed by atoms with E-state index in [0.29, 0.717) is 29.4 Å². The van der Waals surface area contributed by atoms with Crippen LogP contribution in [-0.4, -0.2) is 24.9 Å². The van der Waals surface area contributed by atoms with Gasteiger partial charge in [0.05, 0.1) is 10.7 Å². The number of carbonyl (C=O) groups excluding carboxylic acids is 2. The van der Waals surface area contributed by atoms with E-state index in [0.717, 1.165) is 16.7 Å². The summed E-state index contributed by atoms with van der Waals surface area (Å²) < 4.78 is 0. The molecule has 0 atom stereocenters. The van der Waals surface area contributed by atoms with Gasteiger partial charge in [0.1, 0.15) is 0 Å². The number of rotatable bonds is 5. The Balaban J connectivity index is 2.09. The highest BCUT2D eigenvalue weighted by molar-refractivity contribution is 6.34. The van der Waals surface area contributed by atoms with Gasteiger partial charge in [0.25, 0.3) is 5.91 Å². The molecule has 0 saturated carbocycles. The second-order valence-electron chi connectivity index (χ2n) is 6.21. The molecule has 5 heteroatoms. The quantitative estimate of drug-likeness (QED) is 0.876. The number of hydrogen-bond acceptors (Lipinski definition) is 2. The van der Waals surface area contributed by atoms with Crippen LogP contribution >= 0.6 is 11.6 Å². The van der Waals surface area contributed by atoms with Crippen LogP contribution in [0.1, 0.15) is 34.0 Å². The maximum absolute atomic E-state index is 12.2. The van der Waals surface area contributed by atoms with Crippen molar-refractivity contribution in [2.24, 2.45) is 0 Å². The highest BCUT2D eigenvalue weighted by Crippen LogP contribution is 2.31. The van der Waals surface area contributed by atoms with Crippen LogP contribution in [0.15, 0.2) is 36.4 Å². The molecule has 0 radical (unpaired) electrons. The van der Waals surface area contributed by atoms with Crippen molar-refractivity contribution in [2.45, 2.75) is 27.7 Å². The number of benzene rings is 2. The predicted octanol–water partition coefficient (Wildman–Crippen LogP) is 4.05. The molecule has 0 spiro atoms. The molecule has 2 aromatic carbocycles. The zero-order valence-electron chi connectivity index (χ0n) is 15.0. The average molecular weight is 359 g/mol. The molecule has 0 heterocycles. The van der Waals surface area contributed by atoms with Crippen LogP contribution in [0.5, 0.6) is 0 Å². The number of aryl methyl sites for hydroxylation is 3. The Morgan fingerprint density at radius 1 is 1.08 bits per heavy atom. The van der Waals surface area contributed by atoms with Crippen molar-refractivity contribution in [3.8, 4) is 0 Å². The second kappa shape index (κ2) is 8.17. The van der Waals surface area contributed by atoms with Crippen LogP contribution in [0.4, 0.5) is 5.69 Å². The standard InChI is InChI=1S/C20H23ClN2O2/c1-13-6-5-7-17(11-13)20(25)22-8-9-23(16(4)24)19-15(3)10-14(2)12-18(19)21/h5-7,10-12H,8-9H2,1-4H3,(H,22,25). The Labute approximate surface area is 153 Å². The lowest BCUT2D eigenvalue weighted by Crippen LogP contribution is -2.38. The summed E-state index contributed by atoms with van der Waals surface area (Å²) in [6.45, 7) is 8.03. The normalized spacial score (nSPS) is 10.4. The van der Waals surface area contributed by atoms with Crippen LogP contribution in [0, 0.1) is 20.8 Å². The number of halogens is 1. The topological polar surface area (TPSA) is 49.4 Å². The molecule has 132 valence electrons. The highest BCUT2D eigenvalue weighted by atomic mass is 35.5. The zero-order valence-corrected chi connectivity index (χ0v) is 15.8. The fraction of sp³-hybridized carbons (Fsp3) is 0.300. The monoisotopic (exact) mass is 358 g/mol. The lowest BCUT2D eigenvalue weighted by Gasteiger charge is -2.25. The molecule has 0 aliphatic carbocycles. The molecular formula is C20H23ClN2O2. The van der Waals surface area contributed by atoms with Gasteiger partial charge in [-0.05, 0) is 50.1 Å². The Kier molecular flexibility index (Phi) is 6.21. The molecule has 25 heavy (non-hydrogen) atoms. The predicted molar refractivity (Wildman–Crippen MR) is 102 cm³/mol. The van der Waals surface area contributed by atoms with Gasteiger partial charge in [0, 0.05) is 25.6 Å². The fourth-order valence-electron chi connectivity index (χ4n) is 2.85. The summed E-state index contributed by atoms with van der Waals surface area (Å²) in [5.74, 6) is -0.266. The van der Waals surface area contributed by atoms with Gasteiger partial charge in [-0.25, -0.2) is 0 Å². The number of hydrogen-bond donors (Lipinski definition) is 1. The molecule has 0 aliphatic rings. The lowest BCUT2D eigenvalue weighted by molar-refractivity contribution is -0.116. The molecule has 0 unspecified atom stereocenters. The summed E-state index contributed by atoms with van der Waals surface area (Å²) in [6, 6.07) is 11.2. The number of nitrogens with one attached hydrogen (secondary N) is 1. The summed E-state index contributed by atoms with van der Waals surface area (Å²) in [5.41, 5.74) is 4.32. The number of carbonyl (C=O) groups is 2. The minimum Gasteiger partial charge on any atom is -0.350 e. The summed E-state index contributed by atoms with van der Waals surface area (Å²) in [5, 5.41) is 3.40.